The lowest BCUT2D eigenvalue weighted by Crippen LogP contribution is -2.09. The molecule has 106 valence electrons. The summed E-state index contributed by atoms with van der Waals surface area (Å²) in [7, 11) is 0. The van der Waals surface area contributed by atoms with Gasteiger partial charge >= 0.3 is 0 Å². The third-order valence-corrected chi connectivity index (χ3v) is 3.45. The summed E-state index contributed by atoms with van der Waals surface area (Å²) in [6, 6.07) is 12.4. The Balaban J connectivity index is 1.95. The van der Waals surface area contributed by atoms with E-state index in [9.17, 15) is 10.1 Å². The Labute approximate surface area is 121 Å². The van der Waals surface area contributed by atoms with Crippen LogP contribution in [-0.4, -0.2) is 15.1 Å². The van der Waals surface area contributed by atoms with E-state index < -0.39 is 0 Å². The molecule has 0 aliphatic heterocycles. The molecule has 0 fully saturated rings. The summed E-state index contributed by atoms with van der Waals surface area (Å²) in [4.78, 5) is 10.8. The van der Waals surface area contributed by atoms with Crippen LogP contribution < -0.4 is 5.32 Å². The largest absolute Gasteiger partial charge is 0.377 e. The van der Waals surface area contributed by atoms with Gasteiger partial charge in [-0.2, -0.15) is 5.10 Å². The van der Waals surface area contributed by atoms with Crippen LogP contribution in [-0.2, 0) is 0 Å². The molecular formula is C15H14N4O2. The Kier molecular flexibility index (Phi) is 3.27. The standard InChI is InChI=1S/C15H14N4O2/c1-10(12-6-2-3-8-14(12)19(20)21)17-13-7-4-5-11-9-16-18-15(11)13/h2-10,17H,1H3,(H,16,18). The molecule has 3 aromatic rings. The summed E-state index contributed by atoms with van der Waals surface area (Å²) in [6.07, 6.45) is 1.75. The monoisotopic (exact) mass is 282 g/mol. The Hall–Kier alpha value is -2.89. The summed E-state index contributed by atoms with van der Waals surface area (Å²) in [5.41, 5.74) is 2.53. The van der Waals surface area contributed by atoms with Crippen molar-refractivity contribution in [3.63, 3.8) is 0 Å². The van der Waals surface area contributed by atoms with Crippen molar-refractivity contribution in [2.75, 3.05) is 5.32 Å². The van der Waals surface area contributed by atoms with E-state index in [0.717, 1.165) is 16.6 Å². The molecule has 0 bridgehead atoms. The van der Waals surface area contributed by atoms with Gasteiger partial charge in [0.15, 0.2) is 0 Å². The number of para-hydroxylation sites is 2. The minimum absolute atomic E-state index is 0.120. The van der Waals surface area contributed by atoms with Crippen molar-refractivity contribution in [3.8, 4) is 0 Å². The van der Waals surface area contributed by atoms with Gasteiger partial charge in [0, 0.05) is 11.5 Å². The van der Waals surface area contributed by atoms with Crippen LogP contribution in [0.1, 0.15) is 18.5 Å². The van der Waals surface area contributed by atoms with Gasteiger partial charge in [-0.1, -0.05) is 30.3 Å². The van der Waals surface area contributed by atoms with Gasteiger partial charge < -0.3 is 5.32 Å². The smallest absolute Gasteiger partial charge is 0.274 e. The van der Waals surface area contributed by atoms with E-state index in [0.29, 0.717) is 5.56 Å². The summed E-state index contributed by atoms with van der Waals surface area (Å²) in [5, 5.41) is 22.4. The molecule has 6 heteroatoms. The third kappa shape index (κ3) is 2.43. The lowest BCUT2D eigenvalue weighted by Gasteiger charge is -2.16. The fourth-order valence-electron chi connectivity index (χ4n) is 2.42. The summed E-state index contributed by atoms with van der Waals surface area (Å²) in [6.45, 7) is 1.90. The van der Waals surface area contributed by atoms with Crippen LogP contribution in [0, 0.1) is 10.1 Å². The SMILES string of the molecule is CC(Nc1cccc2cn[nH]c12)c1ccccc1[N+](=O)[O-]. The zero-order chi connectivity index (χ0) is 14.8. The molecule has 1 unspecified atom stereocenters. The predicted molar refractivity (Wildman–Crippen MR) is 81.2 cm³/mol. The summed E-state index contributed by atoms with van der Waals surface area (Å²) < 4.78 is 0. The number of nitro benzene ring substituents is 1. The molecule has 0 aliphatic rings. The van der Waals surface area contributed by atoms with Gasteiger partial charge in [0.25, 0.3) is 5.69 Å². The number of rotatable bonds is 4. The number of hydrogen-bond acceptors (Lipinski definition) is 4. The van der Waals surface area contributed by atoms with E-state index in [2.05, 4.69) is 15.5 Å². The van der Waals surface area contributed by atoms with Crippen LogP contribution in [0.4, 0.5) is 11.4 Å². The molecule has 21 heavy (non-hydrogen) atoms. The third-order valence-electron chi connectivity index (χ3n) is 3.45. The number of nitrogens with one attached hydrogen (secondary N) is 2. The first kappa shape index (κ1) is 13.1. The molecule has 0 radical (unpaired) electrons. The zero-order valence-corrected chi connectivity index (χ0v) is 11.4. The number of nitrogens with zero attached hydrogens (tertiary/aromatic N) is 2. The maximum Gasteiger partial charge on any atom is 0.274 e. The Morgan fingerprint density at radius 1 is 1.24 bits per heavy atom. The van der Waals surface area contributed by atoms with Crippen LogP contribution in [0.2, 0.25) is 0 Å². The normalized spacial score (nSPS) is 12.2. The summed E-state index contributed by atoms with van der Waals surface area (Å²) >= 11 is 0. The average Bonchev–Trinajstić information content (AvgIpc) is 2.96. The van der Waals surface area contributed by atoms with E-state index in [-0.39, 0.29) is 16.7 Å². The first-order valence-electron chi connectivity index (χ1n) is 6.59. The van der Waals surface area contributed by atoms with Crippen molar-refractivity contribution in [1.82, 2.24) is 10.2 Å². The average molecular weight is 282 g/mol. The van der Waals surface area contributed by atoms with Crippen LogP contribution >= 0.6 is 0 Å². The van der Waals surface area contributed by atoms with Crippen molar-refractivity contribution in [1.29, 1.82) is 0 Å². The molecule has 1 atom stereocenters. The Bertz CT molecular complexity index is 797. The fourth-order valence-corrected chi connectivity index (χ4v) is 2.42. The molecule has 0 saturated heterocycles. The highest BCUT2D eigenvalue weighted by molar-refractivity contribution is 5.90. The number of hydrogen-bond donors (Lipinski definition) is 2. The number of aromatic amines is 1. The molecule has 1 heterocycles. The molecule has 2 N–H and O–H groups in total. The van der Waals surface area contributed by atoms with Crippen molar-refractivity contribution in [2.24, 2.45) is 0 Å². The first-order valence-corrected chi connectivity index (χ1v) is 6.59. The second-order valence-corrected chi connectivity index (χ2v) is 4.82. The van der Waals surface area contributed by atoms with Gasteiger partial charge in [-0.15, -0.1) is 0 Å². The van der Waals surface area contributed by atoms with Gasteiger partial charge in [-0.3, -0.25) is 15.2 Å². The Morgan fingerprint density at radius 3 is 2.86 bits per heavy atom. The zero-order valence-electron chi connectivity index (χ0n) is 11.4. The van der Waals surface area contributed by atoms with E-state index in [4.69, 9.17) is 0 Å². The lowest BCUT2D eigenvalue weighted by atomic mass is 10.1. The number of H-pyrrole nitrogens is 1. The second kappa shape index (κ2) is 5.24. The molecule has 0 aliphatic carbocycles. The highest BCUT2D eigenvalue weighted by Gasteiger charge is 2.18. The molecule has 0 spiro atoms. The predicted octanol–water partition coefficient (Wildman–Crippen LogP) is 3.64. The van der Waals surface area contributed by atoms with Gasteiger partial charge in [0.2, 0.25) is 0 Å². The highest BCUT2D eigenvalue weighted by Crippen LogP contribution is 2.29. The van der Waals surface area contributed by atoms with Crippen molar-refractivity contribution in [3.05, 3.63) is 64.3 Å². The number of fused-ring (bicyclic) bond motifs is 1. The van der Waals surface area contributed by atoms with Gasteiger partial charge in [0.1, 0.15) is 0 Å². The van der Waals surface area contributed by atoms with Crippen molar-refractivity contribution < 1.29 is 4.92 Å². The topological polar surface area (TPSA) is 83.8 Å². The van der Waals surface area contributed by atoms with Crippen LogP contribution in [0.15, 0.2) is 48.7 Å². The fraction of sp³-hybridized carbons (Fsp3) is 0.133. The van der Waals surface area contributed by atoms with Gasteiger partial charge in [0.05, 0.1) is 33.9 Å². The quantitative estimate of drug-likeness (QED) is 0.565. The molecule has 1 aromatic heterocycles. The second-order valence-electron chi connectivity index (χ2n) is 4.82. The van der Waals surface area contributed by atoms with Crippen LogP contribution in [0.25, 0.3) is 10.9 Å². The van der Waals surface area contributed by atoms with Gasteiger partial charge in [-0.25, -0.2) is 0 Å². The number of anilines is 1. The van der Waals surface area contributed by atoms with Crippen molar-refractivity contribution >= 4 is 22.3 Å². The molecule has 2 aromatic carbocycles. The highest BCUT2D eigenvalue weighted by atomic mass is 16.6. The van der Waals surface area contributed by atoms with Crippen LogP contribution in [0.5, 0.6) is 0 Å². The maximum absolute atomic E-state index is 11.1. The molecule has 0 amide bonds. The van der Waals surface area contributed by atoms with Crippen LogP contribution in [0.3, 0.4) is 0 Å². The number of nitro groups is 1. The van der Waals surface area contributed by atoms with E-state index in [1.165, 1.54) is 6.07 Å². The molecular weight excluding hydrogens is 268 g/mol. The van der Waals surface area contributed by atoms with E-state index >= 15 is 0 Å². The molecule has 6 nitrogen and oxygen atoms in total. The van der Waals surface area contributed by atoms with E-state index in [1.54, 1.807) is 24.4 Å². The van der Waals surface area contributed by atoms with E-state index in [1.807, 2.05) is 25.1 Å². The number of aromatic nitrogens is 2. The molecule has 3 rings (SSSR count). The number of benzene rings is 2. The minimum atomic E-state index is -0.357. The van der Waals surface area contributed by atoms with Gasteiger partial charge in [-0.05, 0) is 13.0 Å². The Morgan fingerprint density at radius 2 is 2.05 bits per heavy atom. The summed E-state index contributed by atoms with van der Waals surface area (Å²) in [5.74, 6) is 0. The lowest BCUT2D eigenvalue weighted by molar-refractivity contribution is -0.385. The molecule has 0 saturated carbocycles. The first-order chi connectivity index (χ1) is 10.2. The minimum Gasteiger partial charge on any atom is -0.377 e. The maximum atomic E-state index is 11.1. The van der Waals surface area contributed by atoms with Crippen molar-refractivity contribution in [2.45, 2.75) is 13.0 Å².